The summed E-state index contributed by atoms with van der Waals surface area (Å²) in [5.74, 6) is -0.838. The van der Waals surface area contributed by atoms with E-state index >= 15 is 0 Å². The predicted molar refractivity (Wildman–Crippen MR) is 120 cm³/mol. The van der Waals surface area contributed by atoms with Gasteiger partial charge in [0.25, 0.3) is 0 Å². The molecule has 3 rings (SSSR count). The van der Waals surface area contributed by atoms with Crippen molar-refractivity contribution < 1.29 is 19.1 Å². The van der Waals surface area contributed by atoms with Crippen LogP contribution in [0.5, 0.6) is 0 Å². The molecular formula is C24H32N4O4. The fraction of sp³-hybridized carbons (Fsp3) is 0.500. The standard InChI is InChI=1S/C24H32N4O4/c1-16-9-6-7-10-20(16)24(14-22(30)28(23(24)31)11-8-12-32-5)13-21(29)25-17(2)19-15-27(4)26-18(19)3/h6-7,9-10,15,17H,8,11-14H2,1-5H3,(H,25,29)/t17-,24-/m1/s1. The third-order valence-corrected chi connectivity index (χ3v) is 6.16. The lowest BCUT2D eigenvalue weighted by Crippen LogP contribution is -2.43. The molecule has 8 heteroatoms. The maximum atomic E-state index is 13.6. The molecule has 1 aromatic heterocycles. The molecule has 0 saturated carbocycles. The van der Waals surface area contributed by atoms with Gasteiger partial charge < -0.3 is 10.1 Å². The molecule has 2 atom stereocenters. The first-order valence-electron chi connectivity index (χ1n) is 10.9. The zero-order chi connectivity index (χ0) is 23.5. The molecule has 8 nitrogen and oxygen atoms in total. The number of aromatic nitrogens is 2. The summed E-state index contributed by atoms with van der Waals surface area (Å²) >= 11 is 0. The molecule has 1 aromatic carbocycles. The van der Waals surface area contributed by atoms with Crippen LogP contribution >= 0.6 is 0 Å². The molecule has 1 aliphatic rings. The van der Waals surface area contributed by atoms with Crippen LogP contribution in [-0.4, -0.2) is 52.7 Å². The summed E-state index contributed by atoms with van der Waals surface area (Å²) in [5, 5.41) is 7.33. The first-order chi connectivity index (χ1) is 15.2. The van der Waals surface area contributed by atoms with Gasteiger partial charge in [-0.1, -0.05) is 24.3 Å². The molecule has 32 heavy (non-hydrogen) atoms. The van der Waals surface area contributed by atoms with Gasteiger partial charge in [0.1, 0.15) is 0 Å². The van der Waals surface area contributed by atoms with Gasteiger partial charge >= 0.3 is 0 Å². The third-order valence-electron chi connectivity index (χ3n) is 6.16. The van der Waals surface area contributed by atoms with Crippen LogP contribution in [0, 0.1) is 13.8 Å². The normalized spacial score (nSPS) is 19.5. The van der Waals surface area contributed by atoms with Gasteiger partial charge in [0.05, 0.1) is 17.2 Å². The molecule has 0 aliphatic carbocycles. The Kier molecular flexibility index (Phi) is 7.13. The Morgan fingerprint density at radius 1 is 1.28 bits per heavy atom. The first kappa shape index (κ1) is 23.7. The van der Waals surface area contributed by atoms with Gasteiger partial charge in [0.15, 0.2) is 0 Å². The number of imide groups is 1. The molecule has 0 bridgehead atoms. The lowest BCUT2D eigenvalue weighted by atomic mass is 9.74. The smallest absolute Gasteiger partial charge is 0.240 e. The number of hydrogen-bond donors (Lipinski definition) is 1. The molecule has 0 unspecified atom stereocenters. The van der Waals surface area contributed by atoms with Crippen LogP contribution in [0.3, 0.4) is 0 Å². The summed E-state index contributed by atoms with van der Waals surface area (Å²) in [7, 11) is 3.42. The number of ether oxygens (including phenoxy) is 1. The van der Waals surface area contributed by atoms with Crippen molar-refractivity contribution >= 4 is 17.7 Å². The van der Waals surface area contributed by atoms with Crippen molar-refractivity contribution in [3.05, 3.63) is 52.8 Å². The minimum absolute atomic E-state index is 0.0165. The zero-order valence-corrected chi connectivity index (χ0v) is 19.5. The highest BCUT2D eigenvalue weighted by Gasteiger charge is 2.54. The third kappa shape index (κ3) is 4.60. The number of nitrogens with one attached hydrogen (secondary N) is 1. The maximum Gasteiger partial charge on any atom is 0.240 e. The van der Waals surface area contributed by atoms with Gasteiger partial charge in [-0.3, -0.25) is 24.0 Å². The topological polar surface area (TPSA) is 93.5 Å². The summed E-state index contributed by atoms with van der Waals surface area (Å²) in [6, 6.07) is 7.21. The number of amides is 3. The van der Waals surface area contributed by atoms with Gasteiger partial charge in [0.2, 0.25) is 17.7 Å². The second-order valence-electron chi connectivity index (χ2n) is 8.58. The predicted octanol–water partition coefficient (Wildman–Crippen LogP) is 2.34. The molecular weight excluding hydrogens is 408 g/mol. The Morgan fingerprint density at radius 2 is 2.00 bits per heavy atom. The number of likely N-dealkylation sites (tertiary alicyclic amines) is 1. The number of nitrogens with zero attached hydrogens (tertiary/aromatic N) is 3. The molecule has 2 heterocycles. The number of methoxy groups -OCH3 is 1. The highest BCUT2D eigenvalue weighted by atomic mass is 16.5. The van der Waals surface area contributed by atoms with Crippen molar-refractivity contribution in [1.82, 2.24) is 20.0 Å². The number of carbonyl (C=O) groups is 3. The minimum atomic E-state index is -1.21. The second-order valence-corrected chi connectivity index (χ2v) is 8.58. The van der Waals surface area contributed by atoms with E-state index in [0.29, 0.717) is 13.0 Å². The Morgan fingerprint density at radius 3 is 2.62 bits per heavy atom. The van der Waals surface area contributed by atoms with E-state index in [1.54, 1.807) is 11.8 Å². The highest BCUT2D eigenvalue weighted by Crippen LogP contribution is 2.41. The van der Waals surface area contributed by atoms with E-state index in [0.717, 1.165) is 22.4 Å². The molecule has 1 fully saturated rings. The van der Waals surface area contributed by atoms with Crippen molar-refractivity contribution in [2.24, 2.45) is 7.05 Å². The van der Waals surface area contributed by atoms with E-state index in [-0.39, 0.29) is 43.1 Å². The molecule has 1 N–H and O–H groups in total. The van der Waals surface area contributed by atoms with Crippen LogP contribution in [-0.2, 0) is 31.6 Å². The van der Waals surface area contributed by atoms with Gasteiger partial charge in [-0.05, 0) is 38.3 Å². The quantitative estimate of drug-likeness (QED) is 0.477. The van der Waals surface area contributed by atoms with E-state index < -0.39 is 5.41 Å². The number of rotatable bonds is 9. The Bertz CT molecular complexity index is 1020. The van der Waals surface area contributed by atoms with E-state index in [4.69, 9.17) is 4.74 Å². The molecule has 172 valence electrons. The Labute approximate surface area is 188 Å². The number of benzene rings is 1. The molecule has 0 spiro atoms. The molecule has 2 aromatic rings. The van der Waals surface area contributed by atoms with Gasteiger partial charge in [-0.15, -0.1) is 0 Å². The first-order valence-corrected chi connectivity index (χ1v) is 10.9. The molecule has 1 aliphatic heterocycles. The largest absolute Gasteiger partial charge is 0.385 e. The summed E-state index contributed by atoms with van der Waals surface area (Å²) in [4.78, 5) is 40.9. The van der Waals surface area contributed by atoms with Crippen molar-refractivity contribution in [2.75, 3.05) is 20.3 Å². The van der Waals surface area contributed by atoms with E-state index in [9.17, 15) is 14.4 Å². The Hall–Kier alpha value is -3.00. The maximum absolute atomic E-state index is 13.6. The molecule has 3 amide bonds. The van der Waals surface area contributed by atoms with Gasteiger partial charge in [-0.2, -0.15) is 5.10 Å². The summed E-state index contributed by atoms with van der Waals surface area (Å²) < 4.78 is 6.78. The number of aryl methyl sites for hydroxylation is 3. The summed E-state index contributed by atoms with van der Waals surface area (Å²) in [6.07, 6.45) is 2.32. The number of carbonyl (C=O) groups excluding carboxylic acids is 3. The Balaban J connectivity index is 1.88. The minimum Gasteiger partial charge on any atom is -0.385 e. The highest BCUT2D eigenvalue weighted by molar-refractivity contribution is 6.11. The van der Waals surface area contributed by atoms with Crippen molar-refractivity contribution in [3.63, 3.8) is 0 Å². The summed E-state index contributed by atoms with van der Waals surface area (Å²) in [5.41, 5.74) is 2.17. The lowest BCUT2D eigenvalue weighted by Gasteiger charge is -2.29. The summed E-state index contributed by atoms with van der Waals surface area (Å²) in [6.45, 7) is 6.43. The van der Waals surface area contributed by atoms with Gasteiger partial charge in [-0.25, -0.2) is 0 Å². The van der Waals surface area contributed by atoms with E-state index in [1.807, 2.05) is 58.3 Å². The molecule has 0 radical (unpaired) electrons. The second kappa shape index (κ2) is 9.65. The van der Waals surface area contributed by atoms with E-state index in [1.165, 1.54) is 4.90 Å². The van der Waals surface area contributed by atoms with Gasteiger partial charge in [0, 0.05) is 51.9 Å². The number of hydrogen-bond acceptors (Lipinski definition) is 5. The van der Waals surface area contributed by atoms with Crippen molar-refractivity contribution in [1.29, 1.82) is 0 Å². The van der Waals surface area contributed by atoms with E-state index in [2.05, 4.69) is 10.4 Å². The lowest BCUT2D eigenvalue weighted by molar-refractivity contribution is -0.141. The molecule has 1 saturated heterocycles. The van der Waals surface area contributed by atoms with Crippen LogP contribution in [0.15, 0.2) is 30.5 Å². The fourth-order valence-electron chi connectivity index (χ4n) is 4.64. The van der Waals surface area contributed by atoms with Crippen LogP contribution in [0.25, 0.3) is 0 Å². The van der Waals surface area contributed by atoms with Crippen LogP contribution < -0.4 is 5.32 Å². The van der Waals surface area contributed by atoms with Crippen molar-refractivity contribution in [2.45, 2.75) is 51.5 Å². The SMILES string of the molecule is COCCCN1C(=O)C[C@](CC(=O)N[C@H](C)c2cn(C)nc2C)(c2ccccc2C)C1=O. The van der Waals surface area contributed by atoms with Crippen LogP contribution in [0.1, 0.15) is 54.6 Å². The van der Waals surface area contributed by atoms with Crippen molar-refractivity contribution in [3.8, 4) is 0 Å². The zero-order valence-electron chi connectivity index (χ0n) is 19.5. The average Bonchev–Trinajstić information content (AvgIpc) is 3.19. The van der Waals surface area contributed by atoms with Crippen LogP contribution in [0.4, 0.5) is 0 Å². The van der Waals surface area contributed by atoms with Crippen LogP contribution in [0.2, 0.25) is 0 Å². The fourth-order valence-corrected chi connectivity index (χ4v) is 4.64. The average molecular weight is 441 g/mol. The monoisotopic (exact) mass is 440 g/mol.